The molecule has 19 heavy (non-hydrogen) atoms. The number of carbonyl (C=O) groups excluding carboxylic acids is 1. The maximum atomic E-state index is 12.1. The van der Waals surface area contributed by atoms with E-state index in [0.717, 1.165) is 6.07 Å². The normalized spacial score (nSPS) is 12.3. The molecule has 1 aromatic carbocycles. The van der Waals surface area contributed by atoms with Crippen molar-refractivity contribution in [3.05, 3.63) is 29.3 Å². The van der Waals surface area contributed by atoms with Crippen LogP contribution in [0.2, 0.25) is 0 Å². The zero-order chi connectivity index (χ0) is 14.6. The number of halogens is 2. The van der Waals surface area contributed by atoms with E-state index in [-0.39, 0.29) is 23.5 Å². The molecule has 0 aliphatic rings. The Hall–Kier alpha value is -2.02. The van der Waals surface area contributed by atoms with Crippen molar-refractivity contribution < 1.29 is 33.3 Å². The van der Waals surface area contributed by atoms with Gasteiger partial charge in [-0.1, -0.05) is 6.07 Å². The van der Waals surface area contributed by atoms with E-state index in [4.69, 9.17) is 5.11 Å². The first-order valence-corrected chi connectivity index (χ1v) is 5.28. The largest absolute Gasteiger partial charge is 0.479 e. The Kier molecular flexibility index (Phi) is 4.94. The van der Waals surface area contributed by atoms with E-state index >= 15 is 0 Å². The minimum atomic E-state index is -3.08. The van der Waals surface area contributed by atoms with E-state index in [1.54, 1.807) is 0 Å². The van der Waals surface area contributed by atoms with Gasteiger partial charge in [-0.25, -0.2) is 4.79 Å². The Morgan fingerprint density at radius 2 is 1.95 bits per heavy atom. The smallest absolute Gasteiger partial charge is 0.387 e. The molecule has 7 heteroatoms. The molecular weight excluding hydrogens is 262 g/mol. The molecule has 1 atom stereocenters. The lowest BCUT2D eigenvalue weighted by atomic mass is 10.0. The maximum absolute atomic E-state index is 12.1. The van der Waals surface area contributed by atoms with Crippen LogP contribution in [-0.2, 0) is 16.0 Å². The van der Waals surface area contributed by atoms with Gasteiger partial charge in [0.25, 0.3) is 0 Å². The Labute approximate surface area is 107 Å². The molecule has 1 rings (SSSR count). The summed E-state index contributed by atoms with van der Waals surface area (Å²) in [7, 11) is 0. The number of carboxylic acid groups (broad SMARTS) is 1. The van der Waals surface area contributed by atoms with Gasteiger partial charge in [0, 0.05) is 6.42 Å². The average molecular weight is 274 g/mol. The molecule has 0 amide bonds. The standard InChI is InChI=1S/C12H12F2O5/c1-6(15)2-7-3-8(10(16)11(17)18)5-9(4-7)19-12(13)14/h3-5,10,12,16H,2H2,1H3,(H,17,18). The van der Waals surface area contributed by atoms with Gasteiger partial charge in [-0.3, -0.25) is 4.79 Å². The summed E-state index contributed by atoms with van der Waals surface area (Å²) >= 11 is 0. The van der Waals surface area contributed by atoms with E-state index < -0.39 is 18.7 Å². The number of Topliss-reactive ketones (excluding diaryl/α,β-unsaturated/α-hetero) is 1. The summed E-state index contributed by atoms with van der Waals surface area (Å²) < 4.78 is 28.4. The number of carboxylic acids is 1. The number of aliphatic hydroxyl groups is 1. The van der Waals surface area contributed by atoms with Crippen LogP contribution in [0.15, 0.2) is 18.2 Å². The molecule has 1 aromatic rings. The van der Waals surface area contributed by atoms with Gasteiger partial charge in [0.15, 0.2) is 6.10 Å². The molecule has 0 aliphatic heterocycles. The molecule has 5 nitrogen and oxygen atoms in total. The molecule has 104 valence electrons. The summed E-state index contributed by atoms with van der Waals surface area (Å²) in [5.41, 5.74) is 0.169. The van der Waals surface area contributed by atoms with Gasteiger partial charge in [-0.2, -0.15) is 8.78 Å². The van der Waals surface area contributed by atoms with Crippen molar-refractivity contribution in [3.8, 4) is 5.75 Å². The molecule has 0 fully saturated rings. The summed E-state index contributed by atoms with van der Waals surface area (Å²) in [6.07, 6.45) is -1.94. The topological polar surface area (TPSA) is 83.8 Å². The highest BCUT2D eigenvalue weighted by Crippen LogP contribution is 2.24. The summed E-state index contributed by atoms with van der Waals surface area (Å²) in [5.74, 6) is -2.06. The third-order valence-corrected chi connectivity index (χ3v) is 2.22. The van der Waals surface area contributed by atoms with Crippen LogP contribution < -0.4 is 4.74 Å². The lowest BCUT2D eigenvalue weighted by molar-refractivity contribution is -0.146. The second kappa shape index (κ2) is 6.24. The predicted molar refractivity (Wildman–Crippen MR) is 60.1 cm³/mol. The molecule has 2 N–H and O–H groups in total. The summed E-state index contributed by atoms with van der Waals surface area (Å²) in [5, 5.41) is 18.1. The number of hydrogen-bond acceptors (Lipinski definition) is 4. The number of benzene rings is 1. The minimum absolute atomic E-state index is 0.0697. The van der Waals surface area contributed by atoms with E-state index in [9.17, 15) is 23.5 Å². The molecule has 0 bridgehead atoms. The third-order valence-electron chi connectivity index (χ3n) is 2.22. The molecule has 0 heterocycles. The second-order valence-corrected chi connectivity index (χ2v) is 3.91. The maximum Gasteiger partial charge on any atom is 0.387 e. The van der Waals surface area contributed by atoms with Crippen LogP contribution in [0.1, 0.15) is 24.2 Å². The highest BCUT2D eigenvalue weighted by atomic mass is 19.3. The fourth-order valence-electron chi connectivity index (χ4n) is 1.55. The molecular formula is C12H12F2O5. The fourth-order valence-corrected chi connectivity index (χ4v) is 1.55. The van der Waals surface area contributed by atoms with Crippen LogP contribution in [0, 0.1) is 0 Å². The first kappa shape index (κ1) is 15.0. The Balaban J connectivity index is 3.15. The van der Waals surface area contributed by atoms with Crippen LogP contribution in [0.25, 0.3) is 0 Å². The number of hydrogen-bond donors (Lipinski definition) is 2. The van der Waals surface area contributed by atoms with Gasteiger partial charge in [-0.15, -0.1) is 0 Å². The van der Waals surface area contributed by atoms with Crippen molar-refractivity contribution in [1.29, 1.82) is 0 Å². The highest BCUT2D eigenvalue weighted by Gasteiger charge is 2.19. The van der Waals surface area contributed by atoms with Crippen LogP contribution in [-0.4, -0.2) is 28.6 Å². The SMILES string of the molecule is CC(=O)Cc1cc(OC(F)F)cc(C(O)C(=O)O)c1. The Bertz CT molecular complexity index is 487. The quantitative estimate of drug-likeness (QED) is 0.822. The van der Waals surface area contributed by atoms with Crippen LogP contribution in [0.5, 0.6) is 5.75 Å². The van der Waals surface area contributed by atoms with Gasteiger partial charge in [0.1, 0.15) is 11.5 Å². The van der Waals surface area contributed by atoms with E-state index in [1.165, 1.54) is 19.1 Å². The lowest BCUT2D eigenvalue weighted by Crippen LogP contribution is -2.12. The Morgan fingerprint density at radius 1 is 1.32 bits per heavy atom. The highest BCUT2D eigenvalue weighted by molar-refractivity contribution is 5.79. The first-order chi connectivity index (χ1) is 8.79. The van der Waals surface area contributed by atoms with Gasteiger partial charge in [-0.05, 0) is 30.2 Å². The molecule has 0 aliphatic carbocycles. The number of ether oxygens (including phenoxy) is 1. The van der Waals surface area contributed by atoms with Crippen molar-refractivity contribution in [2.75, 3.05) is 0 Å². The zero-order valence-electron chi connectivity index (χ0n) is 9.97. The summed E-state index contributed by atoms with van der Waals surface area (Å²) in [4.78, 5) is 21.7. The van der Waals surface area contributed by atoms with Crippen molar-refractivity contribution >= 4 is 11.8 Å². The van der Waals surface area contributed by atoms with Gasteiger partial charge >= 0.3 is 12.6 Å². The molecule has 0 saturated carbocycles. The van der Waals surface area contributed by atoms with Crippen molar-refractivity contribution in [1.82, 2.24) is 0 Å². The average Bonchev–Trinajstić information content (AvgIpc) is 2.25. The van der Waals surface area contributed by atoms with Gasteiger partial charge in [0.2, 0.25) is 0 Å². The molecule has 0 aromatic heterocycles. The number of ketones is 1. The van der Waals surface area contributed by atoms with Crippen LogP contribution >= 0.6 is 0 Å². The van der Waals surface area contributed by atoms with Gasteiger partial charge < -0.3 is 14.9 Å². The summed E-state index contributed by atoms with van der Waals surface area (Å²) in [6, 6.07) is 3.46. The third kappa shape index (κ3) is 4.63. The van der Waals surface area contributed by atoms with E-state index in [0.29, 0.717) is 5.56 Å². The fraction of sp³-hybridized carbons (Fsp3) is 0.333. The molecule has 0 radical (unpaired) electrons. The van der Waals surface area contributed by atoms with Crippen molar-refractivity contribution in [2.24, 2.45) is 0 Å². The monoisotopic (exact) mass is 274 g/mol. The Morgan fingerprint density at radius 3 is 2.42 bits per heavy atom. The molecule has 0 spiro atoms. The summed E-state index contributed by atoms with van der Waals surface area (Å²) in [6.45, 7) is -1.78. The van der Waals surface area contributed by atoms with Gasteiger partial charge in [0.05, 0.1) is 0 Å². The molecule has 0 saturated heterocycles. The van der Waals surface area contributed by atoms with Crippen LogP contribution in [0.4, 0.5) is 8.78 Å². The van der Waals surface area contributed by atoms with Crippen molar-refractivity contribution in [3.63, 3.8) is 0 Å². The lowest BCUT2D eigenvalue weighted by Gasteiger charge is -2.12. The van der Waals surface area contributed by atoms with E-state index in [2.05, 4.69) is 4.74 Å². The zero-order valence-corrected chi connectivity index (χ0v) is 9.97. The molecule has 1 unspecified atom stereocenters. The number of alkyl halides is 2. The van der Waals surface area contributed by atoms with Crippen molar-refractivity contribution in [2.45, 2.75) is 26.1 Å². The second-order valence-electron chi connectivity index (χ2n) is 3.91. The number of rotatable bonds is 6. The predicted octanol–water partition coefficient (Wildman–Crippen LogP) is 1.54. The first-order valence-electron chi connectivity index (χ1n) is 5.28. The number of carbonyl (C=O) groups is 2. The van der Waals surface area contributed by atoms with E-state index in [1.807, 2.05) is 0 Å². The number of aliphatic carboxylic acids is 1. The van der Waals surface area contributed by atoms with Crippen LogP contribution in [0.3, 0.4) is 0 Å². The minimum Gasteiger partial charge on any atom is -0.479 e. The number of aliphatic hydroxyl groups excluding tert-OH is 1.